The van der Waals surface area contributed by atoms with Gasteiger partial charge in [0.25, 0.3) is 0 Å². The molecule has 0 amide bonds. The number of hydrogen-bond donors (Lipinski definition) is 1. The van der Waals surface area contributed by atoms with Crippen molar-refractivity contribution in [2.75, 3.05) is 31.6 Å². The maximum absolute atomic E-state index is 14.1. The molecule has 2 aliphatic heterocycles. The van der Waals surface area contributed by atoms with Gasteiger partial charge in [-0.15, -0.1) is 10.2 Å². The van der Waals surface area contributed by atoms with E-state index in [-0.39, 0.29) is 22.7 Å². The molecule has 4 radical (unpaired) electrons. The molecular weight excluding hydrogens is 451 g/mol. The quantitative estimate of drug-likeness (QED) is 0.503. The molecule has 1 saturated carbocycles. The highest BCUT2D eigenvalue weighted by atomic mass is 19.2. The highest BCUT2D eigenvalue weighted by Gasteiger charge is 2.51. The summed E-state index contributed by atoms with van der Waals surface area (Å²) in [4.78, 5) is 2.29. The number of nitrogens with zero attached hydrogens (tertiary/aromatic N) is 3. The van der Waals surface area contributed by atoms with Gasteiger partial charge in [-0.3, -0.25) is 0 Å². The molecule has 1 unspecified atom stereocenters. The van der Waals surface area contributed by atoms with E-state index in [0.717, 1.165) is 51.3 Å². The first-order valence-corrected chi connectivity index (χ1v) is 12.4. The van der Waals surface area contributed by atoms with Crippen molar-refractivity contribution in [3.05, 3.63) is 41.7 Å². The molecule has 3 atom stereocenters. The zero-order valence-corrected chi connectivity index (χ0v) is 19.9. The predicted octanol–water partition coefficient (Wildman–Crippen LogP) is 3.88. The molecular formula is C25H29B2F3N4O. The minimum absolute atomic E-state index is 0.0746. The molecule has 0 bridgehead atoms. The average molecular weight is 480 g/mol. The van der Waals surface area contributed by atoms with Crippen LogP contribution in [0.1, 0.15) is 39.0 Å². The van der Waals surface area contributed by atoms with E-state index < -0.39 is 22.8 Å². The molecule has 2 saturated heterocycles. The Hall–Kier alpha value is -2.06. The van der Waals surface area contributed by atoms with Crippen LogP contribution in [0.4, 0.5) is 19.0 Å². The van der Waals surface area contributed by atoms with E-state index in [1.165, 1.54) is 6.07 Å². The van der Waals surface area contributed by atoms with Gasteiger partial charge in [0.05, 0.1) is 21.4 Å². The maximum Gasteiger partial charge on any atom is 0.168 e. The van der Waals surface area contributed by atoms with Crippen molar-refractivity contribution in [1.82, 2.24) is 15.1 Å². The van der Waals surface area contributed by atoms with Gasteiger partial charge in [0.15, 0.2) is 11.6 Å². The van der Waals surface area contributed by atoms with E-state index in [2.05, 4.69) is 27.3 Å². The van der Waals surface area contributed by atoms with Gasteiger partial charge in [-0.2, -0.15) is 0 Å². The van der Waals surface area contributed by atoms with Crippen LogP contribution in [0.15, 0.2) is 24.3 Å². The highest BCUT2D eigenvalue weighted by Crippen LogP contribution is 2.48. The normalized spacial score (nSPS) is 26.6. The number of fused-ring (bicyclic) bond motifs is 1. The van der Waals surface area contributed by atoms with Crippen LogP contribution in [-0.2, 0) is 4.74 Å². The van der Waals surface area contributed by atoms with Crippen LogP contribution >= 0.6 is 0 Å². The Morgan fingerprint density at radius 3 is 2.37 bits per heavy atom. The third kappa shape index (κ3) is 4.48. The number of ether oxygens (including phenoxy) is 1. The Bertz CT molecular complexity index is 1050. The van der Waals surface area contributed by atoms with Gasteiger partial charge in [-0.25, -0.2) is 13.2 Å². The van der Waals surface area contributed by atoms with Gasteiger partial charge in [0.1, 0.15) is 11.6 Å². The van der Waals surface area contributed by atoms with Gasteiger partial charge in [-0.05, 0) is 66.5 Å². The summed E-state index contributed by atoms with van der Waals surface area (Å²) in [6, 6.07) is 4.82. The smallest absolute Gasteiger partial charge is 0.168 e. The fourth-order valence-corrected chi connectivity index (χ4v) is 6.36. The number of rotatable bonds is 6. The summed E-state index contributed by atoms with van der Waals surface area (Å²) in [7, 11) is 13.7. The Balaban J connectivity index is 1.21. The number of likely N-dealkylation sites (tertiary alicyclic amines) is 1. The van der Waals surface area contributed by atoms with Gasteiger partial charge in [0.2, 0.25) is 0 Å². The van der Waals surface area contributed by atoms with Crippen molar-refractivity contribution in [3.8, 4) is 11.3 Å². The van der Waals surface area contributed by atoms with Crippen molar-refractivity contribution in [1.29, 1.82) is 0 Å². The van der Waals surface area contributed by atoms with E-state index in [0.29, 0.717) is 36.9 Å². The van der Waals surface area contributed by atoms with Crippen LogP contribution < -0.4 is 5.32 Å². The van der Waals surface area contributed by atoms with Crippen LogP contribution in [0.2, 0.25) is 0 Å². The summed E-state index contributed by atoms with van der Waals surface area (Å²) < 4.78 is 46.7. The summed E-state index contributed by atoms with van der Waals surface area (Å²) in [5.74, 6) is -1.73. The monoisotopic (exact) mass is 480 g/mol. The standard InChI is InChI=1S/C25H29B2F3N4O/c1-2-24(5-7-35-8-6-24)25(26,27)34-13-15-9-18(10-16(15)14-34)31-22-4-3-21(32-33-22)19-11-17(28)12-20(29)23(19)30/h3-4,11-12,15-16,18H,2,5-10,13-14H2,1H3,(H,31,33)/t15-,16+,18?. The second-order valence-electron chi connectivity index (χ2n) is 10.4. The number of nitrogens with one attached hydrogen (secondary N) is 1. The number of hydrogen-bond acceptors (Lipinski definition) is 5. The summed E-state index contributed by atoms with van der Waals surface area (Å²) >= 11 is 0. The molecule has 3 aliphatic rings. The van der Waals surface area contributed by atoms with Crippen LogP contribution in [0, 0.1) is 34.7 Å². The van der Waals surface area contributed by atoms with E-state index in [4.69, 9.17) is 20.4 Å². The fraction of sp³-hybridized carbons (Fsp3) is 0.600. The lowest BCUT2D eigenvalue weighted by Gasteiger charge is -2.55. The van der Waals surface area contributed by atoms with Crippen molar-refractivity contribution >= 4 is 21.5 Å². The number of aromatic nitrogens is 2. The first-order chi connectivity index (χ1) is 16.7. The van der Waals surface area contributed by atoms with Crippen molar-refractivity contribution in [3.63, 3.8) is 0 Å². The first-order valence-electron chi connectivity index (χ1n) is 12.4. The molecule has 1 aromatic heterocycles. The molecule has 3 fully saturated rings. The summed E-state index contributed by atoms with van der Waals surface area (Å²) in [5, 5.41) is 10.6. The van der Waals surface area contributed by atoms with Crippen LogP contribution in [0.3, 0.4) is 0 Å². The van der Waals surface area contributed by atoms with Gasteiger partial charge < -0.3 is 15.0 Å². The molecule has 1 aliphatic carbocycles. The Kier molecular flexibility index (Phi) is 6.64. The lowest BCUT2D eigenvalue weighted by molar-refractivity contribution is -0.0293. The van der Waals surface area contributed by atoms with Gasteiger partial charge in [0, 0.05) is 44.0 Å². The van der Waals surface area contributed by atoms with Crippen LogP contribution in [0.5, 0.6) is 0 Å². The average Bonchev–Trinajstić information content (AvgIpc) is 3.41. The van der Waals surface area contributed by atoms with Crippen molar-refractivity contribution in [2.24, 2.45) is 17.3 Å². The third-order valence-electron chi connectivity index (χ3n) is 8.54. The molecule has 5 rings (SSSR count). The van der Waals surface area contributed by atoms with E-state index >= 15 is 0 Å². The molecule has 5 nitrogen and oxygen atoms in total. The van der Waals surface area contributed by atoms with Crippen LogP contribution in [-0.4, -0.2) is 68.5 Å². The van der Waals surface area contributed by atoms with Gasteiger partial charge in [-0.1, -0.05) is 13.3 Å². The Morgan fingerprint density at radius 2 is 1.77 bits per heavy atom. The zero-order valence-electron chi connectivity index (χ0n) is 19.9. The molecule has 1 N–H and O–H groups in total. The molecule has 35 heavy (non-hydrogen) atoms. The Morgan fingerprint density at radius 1 is 1.09 bits per heavy atom. The molecule has 3 heterocycles. The number of benzene rings is 1. The number of anilines is 1. The van der Waals surface area contributed by atoms with Crippen molar-refractivity contribution in [2.45, 2.75) is 50.4 Å². The fourth-order valence-electron chi connectivity index (χ4n) is 6.36. The zero-order chi connectivity index (χ0) is 24.8. The lowest BCUT2D eigenvalue weighted by atomic mass is 9.44. The van der Waals surface area contributed by atoms with E-state index in [1.54, 1.807) is 6.07 Å². The molecule has 2 aromatic rings. The SMILES string of the molecule is [B]C([B])(N1C[C@H]2CC(Nc3ccc(-c4cc(F)cc(F)c4F)nn3)C[C@H]2C1)C1(CC)CCOCC1. The molecule has 1 aromatic carbocycles. The third-order valence-corrected chi connectivity index (χ3v) is 8.54. The minimum Gasteiger partial charge on any atom is -0.381 e. The second-order valence-corrected chi connectivity index (χ2v) is 10.4. The summed E-state index contributed by atoms with van der Waals surface area (Å²) in [6.07, 6.45) is 4.63. The highest BCUT2D eigenvalue weighted by molar-refractivity contribution is 6.40. The molecule has 10 heteroatoms. The Labute approximate surface area is 207 Å². The minimum atomic E-state index is -1.25. The number of halogens is 3. The van der Waals surface area contributed by atoms with Gasteiger partial charge >= 0.3 is 0 Å². The molecule has 0 spiro atoms. The van der Waals surface area contributed by atoms with Crippen LogP contribution in [0.25, 0.3) is 11.3 Å². The molecule has 182 valence electrons. The lowest BCUT2D eigenvalue weighted by Crippen LogP contribution is -2.62. The maximum atomic E-state index is 14.1. The summed E-state index contributed by atoms with van der Waals surface area (Å²) in [5.41, 5.74) is -0.313. The summed E-state index contributed by atoms with van der Waals surface area (Å²) in [6.45, 7) is 5.32. The van der Waals surface area contributed by atoms with E-state index in [9.17, 15) is 13.2 Å². The predicted molar refractivity (Wildman–Crippen MR) is 130 cm³/mol. The second kappa shape index (κ2) is 9.43. The van der Waals surface area contributed by atoms with Crippen molar-refractivity contribution < 1.29 is 17.9 Å². The largest absolute Gasteiger partial charge is 0.381 e. The first kappa shape index (κ1) is 24.6. The topological polar surface area (TPSA) is 50.3 Å². The van der Waals surface area contributed by atoms with E-state index in [1.807, 2.05) is 0 Å².